The number of fused-ring (bicyclic) bond motifs is 2. The fourth-order valence-corrected chi connectivity index (χ4v) is 5.40. The Labute approximate surface area is 204 Å². The lowest BCUT2D eigenvalue weighted by Crippen LogP contribution is -2.26. The van der Waals surface area contributed by atoms with Crippen LogP contribution >= 0.6 is 0 Å². The van der Waals surface area contributed by atoms with Crippen LogP contribution < -0.4 is 20.1 Å². The number of anilines is 2. The summed E-state index contributed by atoms with van der Waals surface area (Å²) >= 11 is 0. The third kappa shape index (κ3) is 3.62. The van der Waals surface area contributed by atoms with Gasteiger partial charge in [0.1, 0.15) is 0 Å². The molecular formula is C29H27N3O3. The topological polar surface area (TPSA) is 75.4 Å². The van der Waals surface area contributed by atoms with Gasteiger partial charge in [-0.3, -0.25) is 4.79 Å². The minimum absolute atomic E-state index is 0.0439. The van der Waals surface area contributed by atoms with Gasteiger partial charge in [-0.25, -0.2) is 0 Å². The minimum atomic E-state index is -0.254. The monoisotopic (exact) mass is 465 g/mol. The van der Waals surface area contributed by atoms with E-state index in [-0.39, 0.29) is 17.7 Å². The van der Waals surface area contributed by atoms with Crippen molar-refractivity contribution in [1.29, 1.82) is 0 Å². The van der Waals surface area contributed by atoms with Gasteiger partial charge in [0.05, 0.1) is 31.6 Å². The van der Waals surface area contributed by atoms with Gasteiger partial charge in [-0.1, -0.05) is 36.4 Å². The molecule has 2 aliphatic rings. The maximum atomic E-state index is 13.8. The van der Waals surface area contributed by atoms with Crippen LogP contribution in [0.5, 0.6) is 11.5 Å². The van der Waals surface area contributed by atoms with Gasteiger partial charge in [0.25, 0.3) is 0 Å². The summed E-state index contributed by atoms with van der Waals surface area (Å²) < 4.78 is 10.9. The highest BCUT2D eigenvalue weighted by atomic mass is 16.5. The number of carbonyl (C=O) groups excluding carboxylic acids is 1. The molecule has 176 valence electrons. The molecule has 35 heavy (non-hydrogen) atoms. The average molecular weight is 466 g/mol. The second kappa shape index (κ2) is 8.55. The molecule has 0 unspecified atom stereocenters. The van der Waals surface area contributed by atoms with Gasteiger partial charge < -0.3 is 25.1 Å². The molecular weight excluding hydrogens is 438 g/mol. The average Bonchev–Trinajstić information content (AvgIpc) is 3.24. The molecule has 3 aromatic carbocycles. The molecule has 0 amide bonds. The normalized spacial score (nSPS) is 19.3. The lowest BCUT2D eigenvalue weighted by molar-refractivity contribution is -0.116. The molecule has 6 nitrogen and oxygen atoms in total. The molecule has 6 heteroatoms. The maximum Gasteiger partial charge on any atom is 0.163 e. The van der Waals surface area contributed by atoms with Crippen molar-refractivity contribution in [3.05, 3.63) is 95.3 Å². The molecule has 0 saturated heterocycles. The number of carbonyl (C=O) groups is 1. The van der Waals surface area contributed by atoms with E-state index in [1.807, 2.05) is 48.7 Å². The molecule has 4 aromatic rings. The van der Waals surface area contributed by atoms with E-state index in [9.17, 15) is 4.79 Å². The standard InChI is InChI=1S/C29H27N3O3/c1-34-26-12-11-17(15-27(26)35-2)18-13-24-28(25(33)14-18)29(32-23-10-6-5-9-22(23)31-24)20-16-30-21-8-4-3-7-19(20)21/h3-12,15-16,18,29-32H,13-14H2,1-2H3/t18-,29+/m0/s1. The number of Topliss-reactive ketones (excluding diaryl/α,β-unsaturated/α-hetero) is 1. The molecule has 0 radical (unpaired) electrons. The van der Waals surface area contributed by atoms with E-state index in [1.165, 1.54) is 0 Å². The number of H-pyrrole nitrogens is 1. The number of rotatable bonds is 4. The molecule has 1 aromatic heterocycles. The smallest absolute Gasteiger partial charge is 0.163 e. The Morgan fingerprint density at radius 3 is 2.46 bits per heavy atom. The summed E-state index contributed by atoms with van der Waals surface area (Å²) in [5, 5.41) is 8.40. The lowest BCUT2D eigenvalue weighted by Gasteiger charge is -2.30. The first-order valence-electron chi connectivity index (χ1n) is 11.8. The molecule has 1 aliphatic carbocycles. The lowest BCUT2D eigenvalue weighted by atomic mass is 9.78. The first kappa shape index (κ1) is 21.4. The zero-order chi connectivity index (χ0) is 23.9. The van der Waals surface area contributed by atoms with Gasteiger partial charge in [-0.05, 0) is 48.2 Å². The second-order valence-corrected chi connectivity index (χ2v) is 9.07. The van der Waals surface area contributed by atoms with Gasteiger partial charge in [0, 0.05) is 40.4 Å². The number of hydrogen-bond donors (Lipinski definition) is 3. The van der Waals surface area contributed by atoms with Crippen molar-refractivity contribution in [2.75, 3.05) is 24.9 Å². The third-order valence-corrected chi connectivity index (χ3v) is 7.12. The summed E-state index contributed by atoms with van der Waals surface area (Å²) in [6, 6.07) is 22.0. The van der Waals surface area contributed by atoms with Crippen LogP contribution in [0.15, 0.2) is 84.2 Å². The summed E-state index contributed by atoms with van der Waals surface area (Å²) in [6.45, 7) is 0. The molecule has 0 fully saturated rings. The summed E-state index contributed by atoms with van der Waals surface area (Å²) in [5.41, 5.74) is 6.93. The number of ether oxygens (including phenoxy) is 2. The second-order valence-electron chi connectivity index (χ2n) is 9.07. The summed E-state index contributed by atoms with van der Waals surface area (Å²) in [5.74, 6) is 1.55. The van der Waals surface area contributed by atoms with Crippen molar-refractivity contribution < 1.29 is 14.3 Å². The summed E-state index contributed by atoms with van der Waals surface area (Å²) in [4.78, 5) is 17.2. The molecule has 0 spiro atoms. The van der Waals surface area contributed by atoms with Crippen LogP contribution in [0, 0.1) is 0 Å². The fraction of sp³-hybridized carbons (Fsp3) is 0.207. The predicted molar refractivity (Wildman–Crippen MR) is 138 cm³/mol. The van der Waals surface area contributed by atoms with Crippen LogP contribution in [-0.2, 0) is 4.79 Å². The van der Waals surface area contributed by atoms with E-state index < -0.39 is 0 Å². The zero-order valence-corrected chi connectivity index (χ0v) is 19.7. The van der Waals surface area contributed by atoms with Gasteiger partial charge in [0.15, 0.2) is 17.3 Å². The number of aromatic amines is 1. The highest BCUT2D eigenvalue weighted by Gasteiger charge is 2.37. The number of aromatic nitrogens is 1. The van der Waals surface area contributed by atoms with Crippen molar-refractivity contribution in [2.24, 2.45) is 0 Å². The summed E-state index contributed by atoms with van der Waals surface area (Å²) in [7, 11) is 3.26. The van der Waals surface area contributed by atoms with Crippen LogP contribution in [-0.4, -0.2) is 25.0 Å². The van der Waals surface area contributed by atoms with Gasteiger partial charge in [0.2, 0.25) is 0 Å². The molecule has 0 saturated carbocycles. The Bertz CT molecular complexity index is 1470. The third-order valence-electron chi connectivity index (χ3n) is 7.12. The van der Waals surface area contributed by atoms with Gasteiger partial charge in [-0.15, -0.1) is 0 Å². The van der Waals surface area contributed by atoms with E-state index in [0.29, 0.717) is 17.9 Å². The van der Waals surface area contributed by atoms with Crippen LogP contribution in [0.1, 0.15) is 35.9 Å². The Kier molecular flexibility index (Phi) is 5.21. The van der Waals surface area contributed by atoms with Gasteiger partial charge >= 0.3 is 0 Å². The SMILES string of the molecule is COc1ccc([C@@H]2CC(=O)C3=C(C2)Nc2ccccc2N[C@@H]3c2c[nH]c3ccccc23)cc1OC. The number of nitrogens with one attached hydrogen (secondary N) is 3. The van der Waals surface area contributed by atoms with Crippen molar-refractivity contribution >= 4 is 28.1 Å². The van der Waals surface area contributed by atoms with Crippen molar-refractivity contribution in [2.45, 2.75) is 24.8 Å². The van der Waals surface area contributed by atoms with Crippen molar-refractivity contribution in [3.8, 4) is 11.5 Å². The van der Waals surface area contributed by atoms with Crippen LogP contribution in [0.3, 0.4) is 0 Å². The van der Waals surface area contributed by atoms with E-state index >= 15 is 0 Å². The Morgan fingerprint density at radius 2 is 1.63 bits per heavy atom. The number of methoxy groups -OCH3 is 2. The number of benzene rings is 3. The number of para-hydroxylation sites is 3. The minimum Gasteiger partial charge on any atom is -0.493 e. The molecule has 6 rings (SSSR count). The Balaban J connectivity index is 1.46. The van der Waals surface area contributed by atoms with Crippen LogP contribution in [0.25, 0.3) is 10.9 Å². The Morgan fingerprint density at radius 1 is 0.857 bits per heavy atom. The molecule has 3 N–H and O–H groups in total. The first-order valence-corrected chi connectivity index (χ1v) is 11.8. The van der Waals surface area contributed by atoms with Crippen molar-refractivity contribution in [1.82, 2.24) is 4.98 Å². The molecule has 0 bridgehead atoms. The first-order chi connectivity index (χ1) is 17.2. The highest BCUT2D eigenvalue weighted by Crippen LogP contribution is 2.46. The maximum absolute atomic E-state index is 13.8. The van der Waals surface area contributed by atoms with E-state index in [0.717, 1.165) is 51.1 Å². The molecule has 2 atom stereocenters. The fourth-order valence-electron chi connectivity index (χ4n) is 5.40. The van der Waals surface area contributed by atoms with E-state index in [4.69, 9.17) is 9.47 Å². The van der Waals surface area contributed by atoms with Crippen LogP contribution in [0.4, 0.5) is 11.4 Å². The Hall–Kier alpha value is -4.19. The van der Waals surface area contributed by atoms with E-state index in [2.05, 4.69) is 39.9 Å². The molecule has 1 aliphatic heterocycles. The van der Waals surface area contributed by atoms with E-state index in [1.54, 1.807) is 14.2 Å². The zero-order valence-electron chi connectivity index (χ0n) is 19.7. The van der Waals surface area contributed by atoms with Gasteiger partial charge in [-0.2, -0.15) is 0 Å². The summed E-state index contributed by atoms with van der Waals surface area (Å²) in [6.07, 6.45) is 3.19. The van der Waals surface area contributed by atoms with Crippen LogP contribution in [0.2, 0.25) is 0 Å². The highest BCUT2D eigenvalue weighted by molar-refractivity contribution is 6.02. The largest absolute Gasteiger partial charge is 0.493 e. The number of ketones is 1. The number of allylic oxidation sites excluding steroid dienone is 1. The number of hydrogen-bond acceptors (Lipinski definition) is 5. The molecule has 2 heterocycles. The quantitative estimate of drug-likeness (QED) is 0.336. The predicted octanol–water partition coefficient (Wildman–Crippen LogP) is 6.16. The van der Waals surface area contributed by atoms with Crippen molar-refractivity contribution in [3.63, 3.8) is 0 Å².